The van der Waals surface area contributed by atoms with E-state index in [-0.39, 0.29) is 12.8 Å². The Labute approximate surface area is 101 Å². The molecule has 0 aromatic rings. The molecule has 96 valence electrons. The zero-order valence-electron chi connectivity index (χ0n) is 9.94. The van der Waals surface area contributed by atoms with Crippen LogP contribution in [0.3, 0.4) is 0 Å². The Balaban J connectivity index is 1.90. The van der Waals surface area contributed by atoms with Gasteiger partial charge >= 0.3 is 5.97 Å². The summed E-state index contributed by atoms with van der Waals surface area (Å²) in [6.07, 6.45) is 6.36. The van der Waals surface area contributed by atoms with Gasteiger partial charge in [-0.1, -0.05) is 19.3 Å². The Morgan fingerprint density at radius 1 is 1.41 bits per heavy atom. The Hall–Kier alpha value is -1.10. The fraction of sp³-hybridized carbons (Fsp3) is 0.833. The first-order valence-corrected chi connectivity index (χ1v) is 6.28. The lowest BCUT2D eigenvalue weighted by atomic mass is 9.90. The first-order chi connectivity index (χ1) is 8.12. The Bertz CT molecular complexity index is 312. The van der Waals surface area contributed by atoms with Crippen LogP contribution in [0.2, 0.25) is 0 Å². The number of primary amides is 1. The highest BCUT2D eigenvalue weighted by Crippen LogP contribution is 2.31. The van der Waals surface area contributed by atoms with Gasteiger partial charge in [0.15, 0.2) is 0 Å². The predicted molar refractivity (Wildman–Crippen MR) is 59.8 cm³/mol. The van der Waals surface area contributed by atoms with E-state index in [2.05, 4.69) is 0 Å². The summed E-state index contributed by atoms with van der Waals surface area (Å²) in [4.78, 5) is 22.5. The number of hydrogen-bond donors (Lipinski definition) is 1. The van der Waals surface area contributed by atoms with Crippen LogP contribution in [0.15, 0.2) is 0 Å². The second-order valence-corrected chi connectivity index (χ2v) is 4.91. The fourth-order valence-electron chi connectivity index (χ4n) is 2.51. The summed E-state index contributed by atoms with van der Waals surface area (Å²) in [6.45, 7) is 0.455. The van der Waals surface area contributed by atoms with Gasteiger partial charge in [-0.05, 0) is 18.8 Å². The molecule has 0 aromatic carbocycles. The zero-order valence-corrected chi connectivity index (χ0v) is 9.94. The summed E-state index contributed by atoms with van der Waals surface area (Å²) in [5, 5.41) is 0. The third-order valence-corrected chi connectivity index (χ3v) is 3.59. The Kier molecular flexibility index (Phi) is 3.66. The molecule has 0 radical (unpaired) electrons. The maximum absolute atomic E-state index is 11.4. The van der Waals surface area contributed by atoms with E-state index in [1.807, 2.05) is 0 Å². The van der Waals surface area contributed by atoms with Crippen LogP contribution in [0.25, 0.3) is 0 Å². The van der Waals surface area contributed by atoms with Crippen molar-refractivity contribution in [1.29, 1.82) is 0 Å². The van der Waals surface area contributed by atoms with E-state index in [0.29, 0.717) is 12.5 Å². The van der Waals surface area contributed by atoms with Crippen molar-refractivity contribution >= 4 is 11.9 Å². The van der Waals surface area contributed by atoms with Gasteiger partial charge in [-0.15, -0.1) is 0 Å². The molecule has 0 aromatic heterocycles. The number of esters is 1. The van der Waals surface area contributed by atoms with Crippen LogP contribution in [0, 0.1) is 5.92 Å². The summed E-state index contributed by atoms with van der Waals surface area (Å²) in [5.41, 5.74) is 5.27. The highest BCUT2D eigenvalue weighted by Gasteiger charge is 2.47. The van der Waals surface area contributed by atoms with Gasteiger partial charge in [0, 0.05) is 6.42 Å². The number of amides is 1. The topological polar surface area (TPSA) is 78.6 Å². The summed E-state index contributed by atoms with van der Waals surface area (Å²) in [7, 11) is 0. The molecule has 1 amide bonds. The van der Waals surface area contributed by atoms with Crippen molar-refractivity contribution in [2.45, 2.75) is 50.7 Å². The maximum atomic E-state index is 11.4. The van der Waals surface area contributed by atoms with Crippen molar-refractivity contribution in [3.63, 3.8) is 0 Å². The van der Waals surface area contributed by atoms with Crippen molar-refractivity contribution in [3.8, 4) is 0 Å². The van der Waals surface area contributed by atoms with Crippen molar-refractivity contribution in [2.75, 3.05) is 6.61 Å². The van der Waals surface area contributed by atoms with Gasteiger partial charge in [-0.3, -0.25) is 9.59 Å². The molecular formula is C12H19NO4. The van der Waals surface area contributed by atoms with Crippen LogP contribution in [-0.4, -0.2) is 24.3 Å². The third-order valence-electron chi connectivity index (χ3n) is 3.59. The van der Waals surface area contributed by atoms with E-state index < -0.39 is 17.7 Å². The average Bonchev–Trinajstić information content (AvgIpc) is 2.71. The number of ether oxygens (including phenoxy) is 2. The predicted octanol–water partition coefficient (Wildman–Crippen LogP) is 1.10. The van der Waals surface area contributed by atoms with Crippen molar-refractivity contribution in [1.82, 2.24) is 0 Å². The standard InChI is InChI=1S/C12H19NO4/c13-11(15)12(7-6-10(14)17-12)16-8-9-4-2-1-3-5-9/h9H,1-8H2,(H2,13,15). The molecule has 1 aliphatic heterocycles. The van der Waals surface area contributed by atoms with Crippen LogP contribution in [0.1, 0.15) is 44.9 Å². The second kappa shape index (κ2) is 5.04. The fourth-order valence-corrected chi connectivity index (χ4v) is 2.51. The molecule has 0 spiro atoms. The Morgan fingerprint density at radius 3 is 2.65 bits per heavy atom. The number of rotatable bonds is 4. The lowest BCUT2D eigenvalue weighted by Crippen LogP contribution is -2.47. The minimum atomic E-state index is -1.49. The van der Waals surface area contributed by atoms with Crippen LogP contribution >= 0.6 is 0 Å². The van der Waals surface area contributed by atoms with E-state index in [1.165, 1.54) is 19.3 Å². The van der Waals surface area contributed by atoms with Gasteiger partial charge in [0.25, 0.3) is 11.7 Å². The normalized spacial score (nSPS) is 30.2. The largest absolute Gasteiger partial charge is 0.423 e. The number of carbonyl (C=O) groups excluding carboxylic acids is 2. The van der Waals surface area contributed by atoms with E-state index in [1.54, 1.807) is 0 Å². The van der Waals surface area contributed by atoms with E-state index in [4.69, 9.17) is 15.2 Å². The minimum Gasteiger partial charge on any atom is -0.423 e. The summed E-state index contributed by atoms with van der Waals surface area (Å²) >= 11 is 0. The second-order valence-electron chi connectivity index (χ2n) is 4.91. The number of carbonyl (C=O) groups is 2. The molecule has 1 aliphatic carbocycles. The number of hydrogen-bond acceptors (Lipinski definition) is 4. The van der Waals surface area contributed by atoms with E-state index in [9.17, 15) is 9.59 Å². The van der Waals surface area contributed by atoms with Crippen molar-refractivity contribution in [3.05, 3.63) is 0 Å². The van der Waals surface area contributed by atoms with Gasteiger partial charge in [0.2, 0.25) is 0 Å². The molecule has 1 heterocycles. The minimum absolute atomic E-state index is 0.202. The summed E-state index contributed by atoms with van der Waals surface area (Å²) in [5.74, 6) is -2.14. The van der Waals surface area contributed by atoms with Crippen LogP contribution < -0.4 is 5.73 Å². The monoisotopic (exact) mass is 241 g/mol. The molecule has 2 N–H and O–H groups in total. The molecule has 2 fully saturated rings. The SMILES string of the molecule is NC(=O)C1(OCC2CCCCC2)CCC(=O)O1. The smallest absolute Gasteiger partial charge is 0.309 e. The molecule has 2 rings (SSSR count). The highest BCUT2D eigenvalue weighted by atomic mass is 16.7. The molecule has 17 heavy (non-hydrogen) atoms. The van der Waals surface area contributed by atoms with E-state index in [0.717, 1.165) is 12.8 Å². The van der Waals surface area contributed by atoms with Gasteiger partial charge in [-0.25, -0.2) is 0 Å². The molecule has 0 bridgehead atoms. The van der Waals surface area contributed by atoms with Gasteiger partial charge in [0.05, 0.1) is 13.0 Å². The molecule has 1 saturated heterocycles. The van der Waals surface area contributed by atoms with Crippen LogP contribution in [0.5, 0.6) is 0 Å². The quantitative estimate of drug-likeness (QED) is 0.747. The first kappa shape index (κ1) is 12.4. The number of nitrogens with two attached hydrogens (primary N) is 1. The van der Waals surface area contributed by atoms with E-state index >= 15 is 0 Å². The van der Waals surface area contributed by atoms with Crippen molar-refractivity contribution < 1.29 is 19.1 Å². The van der Waals surface area contributed by atoms with Gasteiger partial charge < -0.3 is 15.2 Å². The highest BCUT2D eigenvalue weighted by molar-refractivity contribution is 5.87. The molecule has 5 heteroatoms. The molecule has 1 saturated carbocycles. The molecule has 5 nitrogen and oxygen atoms in total. The lowest BCUT2D eigenvalue weighted by Gasteiger charge is -2.28. The zero-order chi connectivity index (χ0) is 12.3. The van der Waals surface area contributed by atoms with Gasteiger partial charge in [0.1, 0.15) is 0 Å². The van der Waals surface area contributed by atoms with Crippen LogP contribution in [-0.2, 0) is 19.1 Å². The molecule has 2 aliphatic rings. The molecule has 1 atom stereocenters. The third kappa shape index (κ3) is 2.77. The lowest BCUT2D eigenvalue weighted by molar-refractivity contribution is -0.215. The average molecular weight is 241 g/mol. The molecule has 1 unspecified atom stereocenters. The molecular weight excluding hydrogens is 222 g/mol. The maximum Gasteiger partial charge on any atom is 0.309 e. The van der Waals surface area contributed by atoms with Gasteiger partial charge in [-0.2, -0.15) is 0 Å². The number of cyclic esters (lactones) is 1. The van der Waals surface area contributed by atoms with Crippen LogP contribution in [0.4, 0.5) is 0 Å². The van der Waals surface area contributed by atoms with Crippen molar-refractivity contribution in [2.24, 2.45) is 11.7 Å². The summed E-state index contributed by atoms with van der Waals surface area (Å²) < 4.78 is 10.5. The first-order valence-electron chi connectivity index (χ1n) is 6.28. The Morgan fingerprint density at radius 2 is 2.12 bits per heavy atom. The summed E-state index contributed by atoms with van der Waals surface area (Å²) in [6, 6.07) is 0.